The van der Waals surface area contributed by atoms with E-state index in [1.165, 1.54) is 37.6 Å². The van der Waals surface area contributed by atoms with Gasteiger partial charge in [0.15, 0.2) is 0 Å². The van der Waals surface area contributed by atoms with Gasteiger partial charge in [0.25, 0.3) is 0 Å². The standard InChI is InChI=1S/C21H23F3N4O/c1-13(25)18-9-17(26-11-19(18)28-12-21(22,23)24)10-27-20(29)8-14-2-4-15(5-3-14)16-6-7-16/h2-5,9,11,16,25,28H,6-8,10,12H2,1H3,(H,27,29). The lowest BCUT2D eigenvalue weighted by Gasteiger charge is -2.14. The van der Waals surface area contributed by atoms with Crippen molar-refractivity contribution < 1.29 is 18.0 Å². The third kappa shape index (κ3) is 6.30. The highest BCUT2D eigenvalue weighted by Gasteiger charge is 2.27. The second-order valence-corrected chi connectivity index (χ2v) is 7.28. The number of rotatable bonds is 8. The Kier molecular flexibility index (Phi) is 6.20. The van der Waals surface area contributed by atoms with Crippen LogP contribution in [0.3, 0.4) is 0 Å². The van der Waals surface area contributed by atoms with Gasteiger partial charge >= 0.3 is 6.18 Å². The van der Waals surface area contributed by atoms with Crippen LogP contribution in [-0.4, -0.2) is 29.3 Å². The Hall–Kier alpha value is -2.90. The number of hydrogen-bond acceptors (Lipinski definition) is 4. The van der Waals surface area contributed by atoms with Crippen LogP contribution in [0, 0.1) is 5.41 Å². The lowest BCUT2D eigenvalue weighted by molar-refractivity contribution is -0.120. The van der Waals surface area contributed by atoms with Crippen molar-refractivity contribution in [3.8, 4) is 0 Å². The molecule has 3 N–H and O–H groups in total. The quantitative estimate of drug-likeness (QED) is 0.578. The van der Waals surface area contributed by atoms with Crippen molar-refractivity contribution in [3.63, 3.8) is 0 Å². The molecule has 8 heteroatoms. The second-order valence-electron chi connectivity index (χ2n) is 7.28. The van der Waals surface area contributed by atoms with Crippen molar-refractivity contribution in [2.45, 2.75) is 44.8 Å². The Morgan fingerprint density at radius 3 is 2.52 bits per heavy atom. The van der Waals surface area contributed by atoms with Crippen molar-refractivity contribution in [2.75, 3.05) is 11.9 Å². The van der Waals surface area contributed by atoms with Gasteiger partial charge in [0, 0.05) is 11.3 Å². The first-order valence-electron chi connectivity index (χ1n) is 9.42. The Morgan fingerprint density at radius 2 is 1.93 bits per heavy atom. The van der Waals surface area contributed by atoms with Crippen LogP contribution in [0.1, 0.15) is 48.1 Å². The van der Waals surface area contributed by atoms with Gasteiger partial charge in [-0.15, -0.1) is 0 Å². The zero-order chi connectivity index (χ0) is 21.0. The molecule has 0 unspecified atom stereocenters. The Morgan fingerprint density at radius 1 is 1.24 bits per heavy atom. The highest BCUT2D eigenvalue weighted by atomic mass is 19.4. The molecule has 1 aliphatic rings. The first-order valence-corrected chi connectivity index (χ1v) is 9.42. The van der Waals surface area contributed by atoms with Crippen LogP contribution in [0.5, 0.6) is 0 Å². The van der Waals surface area contributed by atoms with E-state index < -0.39 is 12.7 Å². The Labute approximate surface area is 167 Å². The second kappa shape index (κ2) is 8.63. The van der Waals surface area contributed by atoms with Crippen molar-refractivity contribution in [1.82, 2.24) is 10.3 Å². The molecule has 154 valence electrons. The molecular weight excluding hydrogens is 381 g/mol. The van der Waals surface area contributed by atoms with E-state index in [1.54, 1.807) is 0 Å². The van der Waals surface area contributed by atoms with Crippen LogP contribution in [0.4, 0.5) is 18.9 Å². The minimum Gasteiger partial charge on any atom is -0.375 e. The SMILES string of the molecule is CC(=N)c1cc(CNC(=O)Cc2ccc(C3CC3)cc2)ncc1NCC(F)(F)F. The summed E-state index contributed by atoms with van der Waals surface area (Å²) in [6.07, 6.45) is -0.399. The first-order chi connectivity index (χ1) is 13.7. The van der Waals surface area contributed by atoms with Gasteiger partial charge in [-0.2, -0.15) is 13.2 Å². The molecule has 29 heavy (non-hydrogen) atoms. The summed E-state index contributed by atoms with van der Waals surface area (Å²) in [4.78, 5) is 16.3. The molecule has 0 saturated heterocycles. The Bertz CT molecular complexity index is 890. The third-order valence-corrected chi connectivity index (χ3v) is 4.70. The van der Waals surface area contributed by atoms with Crippen molar-refractivity contribution >= 4 is 17.3 Å². The molecule has 2 aromatic rings. The highest BCUT2D eigenvalue weighted by Crippen LogP contribution is 2.39. The number of nitrogens with one attached hydrogen (secondary N) is 3. The predicted molar refractivity (Wildman–Crippen MR) is 105 cm³/mol. The van der Waals surface area contributed by atoms with E-state index in [-0.39, 0.29) is 30.3 Å². The molecule has 1 heterocycles. The molecule has 3 rings (SSSR count). The molecule has 1 aliphatic carbocycles. The summed E-state index contributed by atoms with van der Waals surface area (Å²) in [7, 11) is 0. The monoisotopic (exact) mass is 404 g/mol. The number of aromatic nitrogens is 1. The van der Waals surface area contributed by atoms with Crippen LogP contribution in [0.25, 0.3) is 0 Å². The van der Waals surface area contributed by atoms with E-state index in [2.05, 4.69) is 27.8 Å². The van der Waals surface area contributed by atoms with Crippen molar-refractivity contribution in [1.29, 1.82) is 5.41 Å². The maximum Gasteiger partial charge on any atom is 0.405 e. The van der Waals surface area contributed by atoms with E-state index in [4.69, 9.17) is 5.41 Å². The summed E-state index contributed by atoms with van der Waals surface area (Å²) in [5, 5.41) is 12.8. The first kappa shape index (κ1) is 20.8. The third-order valence-electron chi connectivity index (χ3n) is 4.70. The molecule has 5 nitrogen and oxygen atoms in total. The average molecular weight is 404 g/mol. The number of carbonyl (C=O) groups is 1. The smallest absolute Gasteiger partial charge is 0.375 e. The number of pyridine rings is 1. The topological polar surface area (TPSA) is 77.9 Å². The number of anilines is 1. The molecule has 0 radical (unpaired) electrons. The summed E-state index contributed by atoms with van der Waals surface area (Å²) < 4.78 is 37.3. The van der Waals surface area contributed by atoms with E-state index in [0.29, 0.717) is 17.2 Å². The highest BCUT2D eigenvalue weighted by molar-refractivity contribution is 6.01. The summed E-state index contributed by atoms with van der Waals surface area (Å²) in [6.45, 7) is 0.422. The largest absolute Gasteiger partial charge is 0.405 e. The average Bonchev–Trinajstić information content (AvgIpc) is 3.50. The zero-order valence-corrected chi connectivity index (χ0v) is 16.1. The van der Waals surface area contributed by atoms with E-state index in [0.717, 1.165) is 5.56 Å². The number of alkyl halides is 3. The molecule has 0 spiro atoms. The van der Waals surface area contributed by atoms with Crippen molar-refractivity contribution in [3.05, 3.63) is 58.9 Å². The molecule has 1 aromatic heterocycles. The van der Waals surface area contributed by atoms with Gasteiger partial charge in [0.1, 0.15) is 6.54 Å². The molecule has 0 aliphatic heterocycles. The normalized spacial score (nSPS) is 13.8. The van der Waals surface area contributed by atoms with Crippen LogP contribution in [0.15, 0.2) is 36.5 Å². The minimum atomic E-state index is -4.36. The summed E-state index contributed by atoms with van der Waals surface area (Å²) in [5.74, 6) is 0.502. The van der Waals surface area contributed by atoms with Gasteiger partial charge in [0.05, 0.1) is 30.5 Å². The fraction of sp³-hybridized carbons (Fsp3) is 0.381. The molecule has 1 aromatic carbocycles. The molecular formula is C21H23F3N4O. The fourth-order valence-electron chi connectivity index (χ4n) is 3.00. The maximum absolute atomic E-state index is 12.4. The number of halogens is 3. The number of carbonyl (C=O) groups excluding carboxylic acids is 1. The van der Waals surface area contributed by atoms with Gasteiger partial charge in [-0.1, -0.05) is 24.3 Å². The zero-order valence-electron chi connectivity index (χ0n) is 16.1. The summed E-state index contributed by atoms with van der Waals surface area (Å²) >= 11 is 0. The number of nitrogens with zero attached hydrogens (tertiary/aromatic N) is 1. The molecule has 1 amide bonds. The molecule has 1 fully saturated rings. The van der Waals surface area contributed by atoms with Crippen LogP contribution < -0.4 is 10.6 Å². The lowest BCUT2D eigenvalue weighted by Crippen LogP contribution is -2.25. The van der Waals surface area contributed by atoms with Gasteiger partial charge in [0.2, 0.25) is 5.91 Å². The molecule has 0 bridgehead atoms. The predicted octanol–water partition coefficient (Wildman–Crippen LogP) is 4.18. The van der Waals surface area contributed by atoms with E-state index in [9.17, 15) is 18.0 Å². The number of benzene rings is 1. The number of amides is 1. The summed E-state index contributed by atoms with van der Waals surface area (Å²) in [6, 6.07) is 9.57. The molecule has 1 saturated carbocycles. The van der Waals surface area contributed by atoms with Gasteiger partial charge in [-0.25, -0.2) is 0 Å². The summed E-state index contributed by atoms with van der Waals surface area (Å²) in [5.41, 5.74) is 3.28. The van der Waals surface area contributed by atoms with E-state index >= 15 is 0 Å². The van der Waals surface area contributed by atoms with Crippen LogP contribution in [-0.2, 0) is 17.8 Å². The molecule has 0 atom stereocenters. The van der Waals surface area contributed by atoms with Gasteiger partial charge in [-0.05, 0) is 42.9 Å². The van der Waals surface area contributed by atoms with E-state index in [1.807, 2.05) is 12.1 Å². The van der Waals surface area contributed by atoms with Crippen molar-refractivity contribution in [2.24, 2.45) is 0 Å². The number of hydrogen-bond donors (Lipinski definition) is 3. The maximum atomic E-state index is 12.4. The van der Waals surface area contributed by atoms with Gasteiger partial charge < -0.3 is 16.0 Å². The fourth-order valence-corrected chi connectivity index (χ4v) is 3.00. The van der Waals surface area contributed by atoms with Crippen LogP contribution in [0.2, 0.25) is 0 Å². The van der Waals surface area contributed by atoms with Crippen LogP contribution >= 0.6 is 0 Å². The Balaban J connectivity index is 1.56. The van der Waals surface area contributed by atoms with Gasteiger partial charge in [-0.3, -0.25) is 9.78 Å². The lowest BCUT2D eigenvalue weighted by atomic mass is 10.1. The minimum absolute atomic E-state index is 0.111.